The Kier molecular flexibility index (Phi) is 6.25. The van der Waals surface area contributed by atoms with Gasteiger partial charge in [-0.1, -0.05) is 30.2 Å². The third kappa shape index (κ3) is 4.43. The number of benzene rings is 1. The Morgan fingerprint density at radius 1 is 1.19 bits per heavy atom. The molecule has 2 N–H and O–H groups in total. The van der Waals surface area contributed by atoms with Crippen LogP contribution in [0, 0.1) is 19.3 Å². The molecule has 8 heteroatoms. The van der Waals surface area contributed by atoms with E-state index in [1.54, 1.807) is 23.1 Å². The summed E-state index contributed by atoms with van der Waals surface area (Å²) < 4.78 is 6.07. The van der Waals surface area contributed by atoms with Crippen LogP contribution in [0.2, 0.25) is 5.02 Å². The van der Waals surface area contributed by atoms with Crippen LogP contribution >= 0.6 is 11.6 Å². The van der Waals surface area contributed by atoms with Crippen LogP contribution in [0.3, 0.4) is 0 Å². The van der Waals surface area contributed by atoms with Crippen molar-refractivity contribution in [2.24, 2.45) is 0 Å². The minimum absolute atomic E-state index is 0.199. The summed E-state index contributed by atoms with van der Waals surface area (Å²) in [5.74, 6) is 0.444. The number of aliphatic hydroxyl groups excluding tert-OH is 1. The molecule has 1 amide bonds. The highest BCUT2D eigenvalue weighted by Gasteiger charge is 2.36. The smallest absolute Gasteiger partial charge is 0.257 e. The van der Waals surface area contributed by atoms with Gasteiger partial charge in [0.15, 0.2) is 0 Å². The summed E-state index contributed by atoms with van der Waals surface area (Å²) in [7, 11) is 0. The molecule has 2 heterocycles. The molecule has 1 saturated heterocycles. The van der Waals surface area contributed by atoms with Gasteiger partial charge in [0.25, 0.3) is 5.91 Å². The van der Waals surface area contributed by atoms with Gasteiger partial charge in [0.2, 0.25) is 0 Å². The molecule has 2 aliphatic rings. The third-order valence-electron chi connectivity index (χ3n) is 6.05. The Morgan fingerprint density at radius 2 is 1.87 bits per heavy atom. The number of nitrogens with zero attached hydrogens (tertiary/aromatic N) is 3. The number of hydrogen-bond acceptors (Lipinski definition) is 6. The first-order chi connectivity index (χ1) is 14.8. The lowest BCUT2D eigenvalue weighted by molar-refractivity contribution is 0.00624. The van der Waals surface area contributed by atoms with Crippen molar-refractivity contribution in [3.63, 3.8) is 0 Å². The number of hydrogen-bond donors (Lipinski definition) is 2. The zero-order valence-electron chi connectivity index (χ0n) is 17.8. The first kappa shape index (κ1) is 21.7. The Labute approximate surface area is 186 Å². The Morgan fingerprint density at radius 3 is 2.58 bits per heavy atom. The van der Waals surface area contributed by atoms with E-state index >= 15 is 0 Å². The number of nitrogens with one attached hydrogen (secondary N) is 1. The zero-order valence-corrected chi connectivity index (χ0v) is 18.5. The fraction of sp³-hybridized carbons (Fsp3) is 0.478. The first-order valence-electron chi connectivity index (χ1n) is 10.7. The minimum Gasteiger partial charge on any atom is -0.487 e. The molecule has 0 radical (unpaired) electrons. The number of aliphatic hydroxyl groups is 1. The number of amides is 1. The van der Waals surface area contributed by atoms with Crippen LogP contribution in [-0.4, -0.2) is 56.9 Å². The molecule has 1 aromatic heterocycles. The van der Waals surface area contributed by atoms with E-state index in [1.807, 2.05) is 19.9 Å². The number of carbonyl (C=O) groups is 1. The summed E-state index contributed by atoms with van der Waals surface area (Å²) in [5, 5.41) is 19.2. The van der Waals surface area contributed by atoms with Gasteiger partial charge in [0.05, 0.1) is 40.5 Å². The molecule has 31 heavy (non-hydrogen) atoms. The Balaban J connectivity index is 1.54. The monoisotopic (exact) mass is 442 g/mol. The molecule has 4 rings (SSSR count). The molecular formula is C23H27ClN4O3. The van der Waals surface area contributed by atoms with Crippen LogP contribution < -0.4 is 4.74 Å². The van der Waals surface area contributed by atoms with Crippen LogP contribution in [0.1, 0.15) is 59.2 Å². The highest BCUT2D eigenvalue weighted by Crippen LogP contribution is 2.30. The van der Waals surface area contributed by atoms with Gasteiger partial charge in [-0.2, -0.15) is 0 Å². The largest absolute Gasteiger partial charge is 0.487 e. The molecule has 2 aromatic rings. The van der Waals surface area contributed by atoms with E-state index < -0.39 is 6.10 Å². The molecule has 0 spiro atoms. The maximum absolute atomic E-state index is 13.3. The SMILES string of the molecule is Cc1nc(C2CN(C(=O)c3ccccc3OC3CCCCC3O)CC2=N)nc(C)c1Cl. The second kappa shape index (κ2) is 8.93. The normalized spacial score (nSPS) is 23.8. The molecular weight excluding hydrogens is 416 g/mol. The van der Waals surface area contributed by atoms with E-state index in [1.165, 1.54) is 0 Å². The van der Waals surface area contributed by atoms with Crippen LogP contribution in [0.15, 0.2) is 24.3 Å². The topological polar surface area (TPSA) is 99.4 Å². The second-order valence-corrected chi connectivity index (χ2v) is 8.71. The summed E-state index contributed by atoms with van der Waals surface area (Å²) in [4.78, 5) is 23.9. The number of halogens is 1. The van der Waals surface area contributed by atoms with E-state index in [2.05, 4.69) is 9.97 Å². The lowest BCUT2D eigenvalue weighted by atomic mass is 9.95. The van der Waals surface area contributed by atoms with Gasteiger partial charge in [0.1, 0.15) is 17.7 Å². The second-order valence-electron chi connectivity index (χ2n) is 8.33. The number of aryl methyl sites for hydroxylation is 2. The van der Waals surface area contributed by atoms with Crippen LogP contribution in [0.4, 0.5) is 0 Å². The van der Waals surface area contributed by atoms with E-state index in [4.69, 9.17) is 21.7 Å². The molecule has 164 valence electrons. The van der Waals surface area contributed by atoms with Gasteiger partial charge in [-0.15, -0.1) is 0 Å². The van der Waals surface area contributed by atoms with Gasteiger partial charge < -0.3 is 20.2 Å². The minimum atomic E-state index is -0.519. The molecule has 1 aliphatic heterocycles. The molecule has 0 bridgehead atoms. The Bertz CT molecular complexity index is 989. The maximum Gasteiger partial charge on any atom is 0.257 e. The fourth-order valence-corrected chi connectivity index (χ4v) is 4.37. The van der Waals surface area contributed by atoms with Gasteiger partial charge in [-0.3, -0.25) is 4.79 Å². The predicted octanol–water partition coefficient (Wildman–Crippen LogP) is 3.69. The number of aromatic nitrogens is 2. The van der Waals surface area contributed by atoms with Crippen molar-refractivity contribution in [2.45, 2.75) is 57.7 Å². The maximum atomic E-state index is 13.3. The lowest BCUT2D eigenvalue weighted by Crippen LogP contribution is -2.35. The van der Waals surface area contributed by atoms with Gasteiger partial charge in [0, 0.05) is 12.3 Å². The van der Waals surface area contributed by atoms with Crippen molar-refractivity contribution in [2.75, 3.05) is 13.1 Å². The number of likely N-dealkylation sites (tertiary alicyclic amines) is 1. The number of rotatable bonds is 4. The van der Waals surface area contributed by atoms with Crippen molar-refractivity contribution in [3.05, 3.63) is 52.1 Å². The molecule has 3 atom stereocenters. The predicted molar refractivity (Wildman–Crippen MR) is 118 cm³/mol. The first-order valence-corrected chi connectivity index (χ1v) is 11.0. The average molecular weight is 443 g/mol. The standard InChI is InChI=1S/C23H27ClN4O3/c1-13-21(24)14(2)27-22(26-13)16-11-28(12-17(16)25)23(30)15-7-3-5-9-19(15)31-20-10-6-4-8-18(20)29/h3,5,7,9,16,18,20,25,29H,4,6,8,10-12H2,1-2H3. The quantitative estimate of drug-likeness (QED) is 0.752. The molecule has 3 unspecified atom stereocenters. The van der Waals surface area contributed by atoms with Crippen molar-refractivity contribution in [1.29, 1.82) is 5.41 Å². The molecule has 1 aliphatic carbocycles. The van der Waals surface area contributed by atoms with Gasteiger partial charge in [-0.25, -0.2) is 9.97 Å². The van der Waals surface area contributed by atoms with Crippen LogP contribution in [0.5, 0.6) is 5.75 Å². The van der Waals surface area contributed by atoms with Crippen molar-refractivity contribution in [1.82, 2.24) is 14.9 Å². The zero-order chi connectivity index (χ0) is 22.1. The highest BCUT2D eigenvalue weighted by molar-refractivity contribution is 6.31. The highest BCUT2D eigenvalue weighted by atomic mass is 35.5. The van der Waals surface area contributed by atoms with Gasteiger partial charge in [-0.05, 0) is 45.2 Å². The number of ether oxygens (including phenoxy) is 1. The van der Waals surface area contributed by atoms with Crippen molar-refractivity contribution >= 4 is 23.2 Å². The van der Waals surface area contributed by atoms with E-state index in [-0.39, 0.29) is 24.5 Å². The number of para-hydroxylation sites is 1. The molecule has 2 fully saturated rings. The van der Waals surface area contributed by atoms with Crippen LogP contribution in [-0.2, 0) is 0 Å². The van der Waals surface area contributed by atoms with E-state index in [9.17, 15) is 9.90 Å². The molecule has 7 nitrogen and oxygen atoms in total. The number of carbonyl (C=O) groups excluding carboxylic acids is 1. The summed E-state index contributed by atoms with van der Waals surface area (Å²) in [6, 6.07) is 7.12. The third-order valence-corrected chi connectivity index (χ3v) is 6.59. The fourth-order valence-electron chi connectivity index (χ4n) is 4.28. The summed E-state index contributed by atoms with van der Waals surface area (Å²) >= 11 is 6.18. The van der Waals surface area contributed by atoms with Crippen molar-refractivity contribution < 1.29 is 14.6 Å². The lowest BCUT2D eigenvalue weighted by Gasteiger charge is -2.29. The van der Waals surface area contributed by atoms with E-state index in [0.29, 0.717) is 52.2 Å². The summed E-state index contributed by atoms with van der Waals surface area (Å²) in [6.45, 7) is 4.18. The average Bonchev–Trinajstić information content (AvgIpc) is 3.15. The van der Waals surface area contributed by atoms with Crippen LogP contribution in [0.25, 0.3) is 0 Å². The van der Waals surface area contributed by atoms with E-state index in [0.717, 1.165) is 19.3 Å². The Hall–Kier alpha value is -2.51. The van der Waals surface area contributed by atoms with Gasteiger partial charge >= 0.3 is 0 Å². The molecule has 1 saturated carbocycles. The summed E-state index contributed by atoms with van der Waals surface area (Å²) in [6.07, 6.45) is 2.65. The summed E-state index contributed by atoms with van der Waals surface area (Å²) in [5.41, 5.74) is 2.19. The molecule has 1 aromatic carbocycles. The van der Waals surface area contributed by atoms with Crippen molar-refractivity contribution in [3.8, 4) is 5.75 Å².